The van der Waals surface area contributed by atoms with Crippen molar-refractivity contribution in [3.63, 3.8) is 0 Å². The molecule has 29 heavy (non-hydrogen) atoms. The van der Waals surface area contributed by atoms with Crippen molar-refractivity contribution in [3.05, 3.63) is 81.6 Å². The molecule has 2 aromatic carbocycles. The van der Waals surface area contributed by atoms with Gasteiger partial charge in [-0.3, -0.25) is 9.48 Å². The van der Waals surface area contributed by atoms with Gasteiger partial charge in [0.15, 0.2) is 6.61 Å². The van der Waals surface area contributed by atoms with Crippen LogP contribution in [0, 0.1) is 20.8 Å². The van der Waals surface area contributed by atoms with Gasteiger partial charge in [0.2, 0.25) is 0 Å². The molecule has 0 aliphatic heterocycles. The van der Waals surface area contributed by atoms with E-state index in [0.717, 1.165) is 22.5 Å². The Hall–Kier alpha value is -3.12. The predicted molar refractivity (Wildman–Crippen MR) is 115 cm³/mol. The Bertz CT molecular complexity index is 1030. The fourth-order valence-corrected chi connectivity index (χ4v) is 3.15. The van der Waals surface area contributed by atoms with Crippen molar-refractivity contribution in [1.82, 2.24) is 15.2 Å². The molecule has 1 N–H and O–H groups in total. The first-order chi connectivity index (χ1) is 13.9. The third kappa shape index (κ3) is 5.45. The molecule has 0 saturated carbocycles. The maximum absolute atomic E-state index is 12.0. The highest BCUT2D eigenvalue weighted by Crippen LogP contribution is 2.21. The van der Waals surface area contributed by atoms with E-state index in [4.69, 9.17) is 16.3 Å². The molecular formula is C22H23ClN4O2. The lowest BCUT2D eigenvalue weighted by Crippen LogP contribution is -2.24. The van der Waals surface area contributed by atoms with Crippen LogP contribution in [0.5, 0.6) is 5.75 Å². The lowest BCUT2D eigenvalue weighted by Gasteiger charge is -2.08. The van der Waals surface area contributed by atoms with E-state index in [1.807, 2.05) is 43.7 Å². The monoisotopic (exact) mass is 410 g/mol. The third-order valence-electron chi connectivity index (χ3n) is 4.49. The van der Waals surface area contributed by atoms with Crippen LogP contribution in [0.25, 0.3) is 0 Å². The van der Waals surface area contributed by atoms with Gasteiger partial charge in [0, 0.05) is 16.3 Å². The SMILES string of the molecule is Cc1cc(Cl)ccc1OCC(=O)N/N=C\c1c(C)nn(Cc2ccccc2)c1C. The topological polar surface area (TPSA) is 68.5 Å². The summed E-state index contributed by atoms with van der Waals surface area (Å²) < 4.78 is 7.44. The van der Waals surface area contributed by atoms with Crippen molar-refractivity contribution in [2.45, 2.75) is 27.3 Å². The summed E-state index contributed by atoms with van der Waals surface area (Å²) >= 11 is 5.92. The van der Waals surface area contributed by atoms with Gasteiger partial charge < -0.3 is 4.74 Å². The fraction of sp³-hybridized carbons (Fsp3) is 0.227. The first-order valence-electron chi connectivity index (χ1n) is 9.23. The largest absolute Gasteiger partial charge is 0.483 e. The highest BCUT2D eigenvalue weighted by molar-refractivity contribution is 6.30. The quantitative estimate of drug-likeness (QED) is 0.472. The van der Waals surface area contributed by atoms with E-state index in [-0.39, 0.29) is 12.5 Å². The third-order valence-corrected chi connectivity index (χ3v) is 4.73. The summed E-state index contributed by atoms with van der Waals surface area (Å²) in [5, 5.41) is 9.25. The van der Waals surface area contributed by atoms with E-state index in [1.54, 1.807) is 24.4 Å². The summed E-state index contributed by atoms with van der Waals surface area (Å²) in [6.45, 7) is 6.32. The van der Waals surface area contributed by atoms with E-state index in [0.29, 0.717) is 17.3 Å². The number of amides is 1. The Labute approximate surface area is 175 Å². The molecule has 1 heterocycles. The standard InChI is InChI=1S/C22H23ClN4O2/c1-15-11-19(23)9-10-21(15)29-14-22(28)25-24-12-20-16(2)26-27(17(20)3)13-18-7-5-4-6-8-18/h4-12H,13-14H2,1-3H3,(H,25,28)/b24-12-. The molecule has 1 aromatic heterocycles. The number of carbonyl (C=O) groups excluding carboxylic acids is 1. The lowest BCUT2D eigenvalue weighted by atomic mass is 10.2. The van der Waals surface area contributed by atoms with E-state index in [1.165, 1.54) is 5.56 Å². The maximum atomic E-state index is 12.0. The number of halogens is 1. The van der Waals surface area contributed by atoms with Crippen LogP contribution in [0.4, 0.5) is 0 Å². The summed E-state index contributed by atoms with van der Waals surface area (Å²) in [7, 11) is 0. The summed E-state index contributed by atoms with van der Waals surface area (Å²) in [6.07, 6.45) is 1.62. The van der Waals surface area contributed by atoms with Crippen molar-refractivity contribution in [2.75, 3.05) is 6.61 Å². The van der Waals surface area contributed by atoms with Crippen LogP contribution in [0.15, 0.2) is 53.6 Å². The number of hydrogen-bond donors (Lipinski definition) is 1. The van der Waals surface area contributed by atoms with Gasteiger partial charge in [-0.1, -0.05) is 41.9 Å². The number of nitrogens with one attached hydrogen (secondary N) is 1. The van der Waals surface area contributed by atoms with Gasteiger partial charge in [-0.05, 0) is 50.1 Å². The molecule has 0 atom stereocenters. The lowest BCUT2D eigenvalue weighted by molar-refractivity contribution is -0.123. The van der Waals surface area contributed by atoms with Crippen LogP contribution in [0.3, 0.4) is 0 Å². The Kier molecular flexibility index (Phi) is 6.67. The molecular weight excluding hydrogens is 388 g/mol. The maximum Gasteiger partial charge on any atom is 0.277 e. The van der Waals surface area contributed by atoms with Crippen molar-refractivity contribution in [1.29, 1.82) is 0 Å². The van der Waals surface area contributed by atoms with Crippen molar-refractivity contribution in [2.24, 2.45) is 5.10 Å². The van der Waals surface area contributed by atoms with Crippen molar-refractivity contribution < 1.29 is 9.53 Å². The van der Waals surface area contributed by atoms with Gasteiger partial charge in [0.1, 0.15) is 5.75 Å². The van der Waals surface area contributed by atoms with Crippen LogP contribution in [0.2, 0.25) is 5.02 Å². The molecule has 6 nitrogen and oxygen atoms in total. The zero-order valence-electron chi connectivity index (χ0n) is 16.6. The predicted octanol–water partition coefficient (Wildman–Crippen LogP) is 4.04. The van der Waals surface area contributed by atoms with E-state index >= 15 is 0 Å². The minimum Gasteiger partial charge on any atom is -0.483 e. The minimum absolute atomic E-state index is 0.134. The van der Waals surface area contributed by atoms with Gasteiger partial charge >= 0.3 is 0 Å². The van der Waals surface area contributed by atoms with Gasteiger partial charge in [-0.25, -0.2) is 5.43 Å². The average Bonchev–Trinajstić information content (AvgIpc) is 2.95. The average molecular weight is 411 g/mol. The Morgan fingerprint density at radius 2 is 1.97 bits per heavy atom. The number of hydrogen-bond acceptors (Lipinski definition) is 4. The number of aryl methyl sites for hydroxylation is 2. The number of carbonyl (C=O) groups is 1. The van der Waals surface area contributed by atoms with E-state index < -0.39 is 0 Å². The highest BCUT2D eigenvalue weighted by atomic mass is 35.5. The first kappa shape index (κ1) is 20.6. The molecule has 3 rings (SSSR count). The van der Waals surface area contributed by atoms with Crippen LogP contribution >= 0.6 is 11.6 Å². The number of hydrazone groups is 1. The normalized spacial score (nSPS) is 11.0. The second-order valence-electron chi connectivity index (χ2n) is 6.72. The van der Waals surface area contributed by atoms with Gasteiger partial charge in [0.25, 0.3) is 5.91 Å². The molecule has 3 aromatic rings. The zero-order chi connectivity index (χ0) is 20.8. The molecule has 150 valence electrons. The Morgan fingerprint density at radius 1 is 1.21 bits per heavy atom. The molecule has 0 spiro atoms. The van der Waals surface area contributed by atoms with E-state index in [2.05, 4.69) is 27.8 Å². The molecule has 1 amide bonds. The fourth-order valence-electron chi connectivity index (χ4n) is 2.93. The van der Waals surface area contributed by atoms with Crippen LogP contribution < -0.4 is 10.2 Å². The van der Waals surface area contributed by atoms with Crippen molar-refractivity contribution in [3.8, 4) is 5.75 Å². The van der Waals surface area contributed by atoms with Crippen LogP contribution in [-0.4, -0.2) is 28.5 Å². The molecule has 0 aliphatic rings. The van der Waals surface area contributed by atoms with Crippen LogP contribution in [0.1, 0.15) is 28.1 Å². The highest BCUT2D eigenvalue weighted by Gasteiger charge is 2.10. The van der Waals surface area contributed by atoms with Crippen molar-refractivity contribution >= 4 is 23.7 Å². The number of rotatable bonds is 7. The zero-order valence-corrected chi connectivity index (χ0v) is 17.4. The molecule has 0 radical (unpaired) electrons. The Morgan fingerprint density at radius 3 is 2.69 bits per heavy atom. The summed E-state index contributed by atoms with van der Waals surface area (Å²) in [4.78, 5) is 12.0. The second kappa shape index (κ2) is 9.39. The van der Waals surface area contributed by atoms with E-state index in [9.17, 15) is 4.79 Å². The molecule has 0 unspecified atom stereocenters. The summed E-state index contributed by atoms with van der Waals surface area (Å²) in [6, 6.07) is 15.4. The molecule has 0 bridgehead atoms. The molecule has 0 saturated heterocycles. The molecule has 7 heteroatoms. The molecule has 0 fully saturated rings. The number of nitrogens with zero attached hydrogens (tertiary/aromatic N) is 3. The smallest absolute Gasteiger partial charge is 0.277 e. The Balaban J connectivity index is 1.57. The van der Waals surface area contributed by atoms with Gasteiger partial charge in [-0.2, -0.15) is 10.2 Å². The van der Waals surface area contributed by atoms with Gasteiger partial charge in [-0.15, -0.1) is 0 Å². The summed E-state index contributed by atoms with van der Waals surface area (Å²) in [5.41, 5.74) is 7.25. The first-order valence-corrected chi connectivity index (χ1v) is 9.60. The number of ether oxygens (including phenoxy) is 1. The molecule has 0 aliphatic carbocycles. The van der Waals surface area contributed by atoms with Crippen LogP contribution in [-0.2, 0) is 11.3 Å². The number of benzene rings is 2. The summed E-state index contributed by atoms with van der Waals surface area (Å²) in [5.74, 6) is 0.269. The second-order valence-corrected chi connectivity index (χ2v) is 7.16. The van der Waals surface area contributed by atoms with Gasteiger partial charge in [0.05, 0.1) is 18.5 Å². The minimum atomic E-state index is -0.345. The number of aromatic nitrogens is 2.